The Morgan fingerprint density at radius 1 is 1.24 bits per heavy atom. The van der Waals surface area contributed by atoms with E-state index in [4.69, 9.17) is 10.5 Å². The monoisotopic (exact) mass is 310 g/mol. The Balaban J connectivity index is 1.69. The van der Waals surface area contributed by atoms with Gasteiger partial charge in [0, 0.05) is 24.4 Å². The van der Waals surface area contributed by atoms with Gasteiger partial charge in [0.2, 0.25) is 17.8 Å². The third-order valence-corrected chi connectivity index (χ3v) is 5.08. The topological polar surface area (TPSA) is 89.2 Å². The summed E-state index contributed by atoms with van der Waals surface area (Å²) in [6, 6.07) is 0.432. The highest BCUT2D eigenvalue weighted by molar-refractivity contribution is 7.99. The number of nitrogen functional groups attached to an aromatic ring is 1. The summed E-state index contributed by atoms with van der Waals surface area (Å²) in [5.74, 6) is 1.51. The van der Waals surface area contributed by atoms with Gasteiger partial charge in [-0.1, -0.05) is 0 Å². The summed E-state index contributed by atoms with van der Waals surface area (Å²) in [4.78, 5) is 15.1. The number of aromatic nitrogens is 3. The molecule has 8 heteroatoms. The molecule has 1 aliphatic heterocycles. The molecule has 21 heavy (non-hydrogen) atoms. The summed E-state index contributed by atoms with van der Waals surface area (Å²) in [6.07, 6.45) is 5.73. The number of nitrogens with zero attached hydrogens (tertiary/aromatic N) is 4. The van der Waals surface area contributed by atoms with E-state index >= 15 is 0 Å². The van der Waals surface area contributed by atoms with E-state index in [-0.39, 0.29) is 5.95 Å². The predicted octanol–water partition coefficient (Wildman–Crippen LogP) is 0.986. The van der Waals surface area contributed by atoms with Crippen LogP contribution in [0.15, 0.2) is 0 Å². The fraction of sp³-hybridized carbons (Fsp3) is 0.769. The highest BCUT2D eigenvalue weighted by atomic mass is 32.2. The Bertz CT molecular complexity index is 482. The maximum Gasteiger partial charge on any atom is 0.232 e. The number of nitrogens with one attached hydrogen (secondary N) is 1. The molecule has 2 unspecified atom stereocenters. The van der Waals surface area contributed by atoms with Crippen molar-refractivity contribution < 1.29 is 4.74 Å². The van der Waals surface area contributed by atoms with Crippen LogP contribution in [0.1, 0.15) is 19.3 Å². The van der Waals surface area contributed by atoms with Gasteiger partial charge >= 0.3 is 0 Å². The van der Waals surface area contributed by atoms with Crippen molar-refractivity contribution in [2.45, 2.75) is 30.6 Å². The van der Waals surface area contributed by atoms with Crippen molar-refractivity contribution >= 4 is 29.6 Å². The lowest BCUT2D eigenvalue weighted by Crippen LogP contribution is -2.37. The van der Waals surface area contributed by atoms with Gasteiger partial charge in [-0.15, -0.1) is 0 Å². The molecule has 1 aromatic heterocycles. The minimum absolute atomic E-state index is 0.272. The summed E-state index contributed by atoms with van der Waals surface area (Å²) in [5, 5.41) is 4.15. The normalized spacial score (nSPS) is 26.0. The SMILES string of the molecule is CSC1CCC(Nc2nc(N)nc(N3CCOCC3)n2)C1. The Labute approximate surface area is 129 Å². The van der Waals surface area contributed by atoms with Crippen molar-refractivity contribution in [1.82, 2.24) is 15.0 Å². The van der Waals surface area contributed by atoms with Crippen molar-refractivity contribution in [3.8, 4) is 0 Å². The molecule has 0 aromatic carbocycles. The van der Waals surface area contributed by atoms with Crippen molar-refractivity contribution in [3.63, 3.8) is 0 Å². The fourth-order valence-electron chi connectivity index (χ4n) is 2.82. The first-order chi connectivity index (χ1) is 10.2. The first-order valence-electron chi connectivity index (χ1n) is 7.38. The molecule has 3 rings (SSSR count). The molecule has 1 aromatic rings. The Morgan fingerprint density at radius 2 is 2.05 bits per heavy atom. The lowest BCUT2D eigenvalue weighted by atomic mass is 10.2. The Hall–Kier alpha value is -1.28. The quantitative estimate of drug-likeness (QED) is 0.851. The van der Waals surface area contributed by atoms with Crippen molar-refractivity contribution in [3.05, 3.63) is 0 Å². The van der Waals surface area contributed by atoms with Gasteiger partial charge in [0.15, 0.2) is 0 Å². The molecule has 7 nitrogen and oxygen atoms in total. The zero-order chi connectivity index (χ0) is 14.7. The van der Waals surface area contributed by atoms with Crippen LogP contribution in [-0.4, -0.2) is 58.8 Å². The number of ether oxygens (including phenoxy) is 1. The number of thioether (sulfide) groups is 1. The molecule has 2 heterocycles. The van der Waals surface area contributed by atoms with E-state index in [1.807, 2.05) is 11.8 Å². The lowest BCUT2D eigenvalue weighted by Gasteiger charge is -2.27. The van der Waals surface area contributed by atoms with Crippen LogP contribution in [0.2, 0.25) is 0 Å². The van der Waals surface area contributed by atoms with Crippen LogP contribution in [0.25, 0.3) is 0 Å². The molecule has 0 radical (unpaired) electrons. The average Bonchev–Trinajstić information content (AvgIpc) is 2.95. The van der Waals surface area contributed by atoms with Crippen LogP contribution in [0.4, 0.5) is 17.8 Å². The second kappa shape index (κ2) is 6.65. The largest absolute Gasteiger partial charge is 0.378 e. The first-order valence-corrected chi connectivity index (χ1v) is 8.67. The smallest absolute Gasteiger partial charge is 0.232 e. The third kappa shape index (κ3) is 3.68. The van der Waals surface area contributed by atoms with E-state index in [9.17, 15) is 0 Å². The van der Waals surface area contributed by atoms with Gasteiger partial charge in [0.1, 0.15) is 0 Å². The Kier molecular flexibility index (Phi) is 4.64. The second-order valence-electron chi connectivity index (χ2n) is 5.43. The number of anilines is 3. The van der Waals surface area contributed by atoms with Gasteiger partial charge in [-0.05, 0) is 25.5 Å². The second-order valence-corrected chi connectivity index (χ2v) is 6.57. The third-order valence-electron chi connectivity index (χ3n) is 3.99. The van der Waals surface area contributed by atoms with Crippen LogP contribution in [0, 0.1) is 0 Å². The summed E-state index contributed by atoms with van der Waals surface area (Å²) in [7, 11) is 0. The zero-order valence-corrected chi connectivity index (χ0v) is 13.1. The number of rotatable bonds is 4. The molecule has 2 fully saturated rings. The van der Waals surface area contributed by atoms with Gasteiger partial charge in [-0.25, -0.2) is 0 Å². The van der Waals surface area contributed by atoms with Crippen LogP contribution >= 0.6 is 11.8 Å². The molecular formula is C13H22N6OS. The first kappa shape index (κ1) is 14.6. The van der Waals surface area contributed by atoms with Gasteiger partial charge < -0.3 is 20.7 Å². The van der Waals surface area contributed by atoms with Gasteiger partial charge in [-0.2, -0.15) is 26.7 Å². The Morgan fingerprint density at radius 3 is 2.76 bits per heavy atom. The maximum atomic E-state index is 5.83. The lowest BCUT2D eigenvalue weighted by molar-refractivity contribution is 0.122. The molecule has 0 bridgehead atoms. The number of hydrogen-bond acceptors (Lipinski definition) is 8. The van der Waals surface area contributed by atoms with E-state index in [0.29, 0.717) is 31.2 Å². The molecule has 2 aliphatic rings. The van der Waals surface area contributed by atoms with Crippen molar-refractivity contribution in [2.24, 2.45) is 0 Å². The molecular weight excluding hydrogens is 288 g/mol. The van der Waals surface area contributed by atoms with Crippen LogP contribution in [-0.2, 0) is 4.74 Å². The van der Waals surface area contributed by atoms with E-state index < -0.39 is 0 Å². The van der Waals surface area contributed by atoms with Crippen LogP contribution < -0.4 is 16.0 Å². The molecule has 3 N–H and O–H groups in total. The van der Waals surface area contributed by atoms with Crippen molar-refractivity contribution in [1.29, 1.82) is 0 Å². The minimum Gasteiger partial charge on any atom is -0.378 e. The molecule has 2 atom stereocenters. The molecule has 1 aliphatic carbocycles. The van der Waals surface area contributed by atoms with Crippen LogP contribution in [0.3, 0.4) is 0 Å². The van der Waals surface area contributed by atoms with E-state index in [2.05, 4.69) is 31.4 Å². The summed E-state index contributed by atoms with van der Waals surface area (Å²) in [5.41, 5.74) is 5.83. The van der Waals surface area contributed by atoms with Crippen LogP contribution in [0.5, 0.6) is 0 Å². The van der Waals surface area contributed by atoms with Gasteiger partial charge in [0.05, 0.1) is 13.2 Å². The van der Waals surface area contributed by atoms with E-state index in [1.54, 1.807) is 0 Å². The predicted molar refractivity (Wildman–Crippen MR) is 85.8 cm³/mol. The number of hydrogen-bond donors (Lipinski definition) is 2. The molecule has 1 saturated carbocycles. The van der Waals surface area contributed by atoms with Crippen molar-refractivity contribution in [2.75, 3.05) is 48.5 Å². The summed E-state index contributed by atoms with van der Waals surface area (Å²) < 4.78 is 5.35. The summed E-state index contributed by atoms with van der Waals surface area (Å²) in [6.45, 7) is 2.99. The fourth-order valence-corrected chi connectivity index (χ4v) is 3.61. The average molecular weight is 310 g/mol. The summed E-state index contributed by atoms with van der Waals surface area (Å²) >= 11 is 1.94. The molecule has 116 valence electrons. The number of nitrogens with two attached hydrogens (primary N) is 1. The molecule has 0 amide bonds. The van der Waals surface area contributed by atoms with E-state index in [0.717, 1.165) is 31.2 Å². The van der Waals surface area contributed by atoms with Gasteiger partial charge in [0.25, 0.3) is 0 Å². The molecule has 0 spiro atoms. The maximum absolute atomic E-state index is 5.83. The highest BCUT2D eigenvalue weighted by Gasteiger charge is 2.25. The zero-order valence-electron chi connectivity index (χ0n) is 12.3. The van der Waals surface area contributed by atoms with Gasteiger partial charge in [-0.3, -0.25) is 0 Å². The number of morpholine rings is 1. The van der Waals surface area contributed by atoms with E-state index in [1.165, 1.54) is 6.42 Å². The molecule has 1 saturated heterocycles. The highest BCUT2D eigenvalue weighted by Crippen LogP contribution is 2.29. The minimum atomic E-state index is 0.272. The standard InChI is InChI=1S/C13H22N6OS/c1-21-10-3-2-9(8-10)15-12-16-11(14)17-13(18-12)19-4-6-20-7-5-19/h9-10H,2-8H2,1H3,(H3,14,15,16,17,18).